The molecule has 64 valence electrons. The number of esters is 1. The second kappa shape index (κ2) is 3.85. The van der Waals surface area contributed by atoms with Gasteiger partial charge in [0.1, 0.15) is 6.67 Å². The molecule has 3 heteroatoms. The fourth-order valence-electron chi connectivity index (χ4n) is 0.848. The van der Waals surface area contributed by atoms with Crippen LogP contribution in [0.2, 0.25) is 0 Å². The van der Waals surface area contributed by atoms with Gasteiger partial charge >= 0.3 is 5.97 Å². The SMILES string of the molecule is COC(=O)c1ccc(CF)cc1. The summed E-state index contributed by atoms with van der Waals surface area (Å²) >= 11 is 0. The van der Waals surface area contributed by atoms with E-state index in [4.69, 9.17) is 0 Å². The zero-order valence-corrected chi connectivity index (χ0v) is 6.71. The Morgan fingerprint density at radius 1 is 1.42 bits per heavy atom. The predicted octanol–water partition coefficient (Wildman–Crippen LogP) is 1.94. The Balaban J connectivity index is 2.84. The number of hydrogen-bond acceptors (Lipinski definition) is 2. The van der Waals surface area contributed by atoms with E-state index < -0.39 is 12.6 Å². The maximum Gasteiger partial charge on any atom is 0.337 e. The average molecular weight is 168 g/mol. The van der Waals surface area contributed by atoms with Gasteiger partial charge in [0, 0.05) is 0 Å². The monoisotopic (exact) mass is 168 g/mol. The van der Waals surface area contributed by atoms with Crippen LogP contribution in [-0.4, -0.2) is 13.1 Å². The summed E-state index contributed by atoms with van der Waals surface area (Å²) in [5.74, 6) is -0.402. The van der Waals surface area contributed by atoms with Crippen molar-refractivity contribution < 1.29 is 13.9 Å². The smallest absolute Gasteiger partial charge is 0.337 e. The summed E-state index contributed by atoms with van der Waals surface area (Å²) in [5, 5.41) is 0. The number of ether oxygens (including phenoxy) is 1. The quantitative estimate of drug-likeness (QED) is 0.631. The Kier molecular flexibility index (Phi) is 2.80. The van der Waals surface area contributed by atoms with Gasteiger partial charge in [-0.05, 0) is 17.7 Å². The largest absolute Gasteiger partial charge is 0.465 e. The maximum atomic E-state index is 12.0. The molecule has 0 fully saturated rings. The molecule has 0 saturated carbocycles. The van der Waals surface area contributed by atoms with Crippen LogP contribution in [0.4, 0.5) is 4.39 Å². The van der Waals surface area contributed by atoms with Gasteiger partial charge in [-0.25, -0.2) is 9.18 Å². The summed E-state index contributed by atoms with van der Waals surface area (Å²) in [6.07, 6.45) is 0. The molecule has 0 amide bonds. The Hall–Kier alpha value is -1.38. The van der Waals surface area contributed by atoms with Gasteiger partial charge in [-0.3, -0.25) is 0 Å². The normalized spacial score (nSPS) is 9.50. The zero-order valence-electron chi connectivity index (χ0n) is 6.71. The van der Waals surface area contributed by atoms with Crippen molar-refractivity contribution >= 4 is 5.97 Å². The fourth-order valence-corrected chi connectivity index (χ4v) is 0.848. The van der Waals surface area contributed by atoms with Gasteiger partial charge in [0.2, 0.25) is 0 Å². The van der Waals surface area contributed by atoms with Crippen molar-refractivity contribution in [1.82, 2.24) is 0 Å². The highest BCUT2D eigenvalue weighted by atomic mass is 19.1. The van der Waals surface area contributed by atoms with E-state index in [0.29, 0.717) is 11.1 Å². The molecule has 0 N–H and O–H groups in total. The lowest BCUT2D eigenvalue weighted by molar-refractivity contribution is 0.0600. The summed E-state index contributed by atoms with van der Waals surface area (Å²) < 4.78 is 16.5. The Labute approximate surface area is 70.0 Å². The van der Waals surface area contributed by atoms with E-state index in [1.54, 1.807) is 24.3 Å². The van der Waals surface area contributed by atoms with Gasteiger partial charge in [0.25, 0.3) is 0 Å². The van der Waals surface area contributed by atoms with Crippen LogP contribution in [0.5, 0.6) is 0 Å². The van der Waals surface area contributed by atoms with Crippen LogP contribution in [0.25, 0.3) is 0 Å². The molecule has 1 aromatic rings. The number of benzene rings is 1. The van der Waals surface area contributed by atoms with E-state index in [1.165, 1.54) is 7.11 Å². The molecule has 0 spiro atoms. The molecule has 1 rings (SSSR count). The Bertz CT molecular complexity index is 266. The fraction of sp³-hybridized carbons (Fsp3) is 0.222. The first-order valence-electron chi connectivity index (χ1n) is 3.51. The van der Waals surface area contributed by atoms with Crippen molar-refractivity contribution in [2.45, 2.75) is 6.67 Å². The molecule has 0 heterocycles. The third kappa shape index (κ3) is 1.81. The van der Waals surface area contributed by atoms with Crippen molar-refractivity contribution in [2.24, 2.45) is 0 Å². The molecule has 0 aliphatic carbocycles. The van der Waals surface area contributed by atoms with Gasteiger partial charge in [-0.1, -0.05) is 12.1 Å². The molecule has 0 aliphatic rings. The van der Waals surface area contributed by atoms with Crippen molar-refractivity contribution in [3.05, 3.63) is 35.4 Å². The second-order valence-electron chi connectivity index (χ2n) is 2.32. The van der Waals surface area contributed by atoms with E-state index in [2.05, 4.69) is 4.74 Å². The average Bonchev–Trinajstić information content (AvgIpc) is 2.17. The van der Waals surface area contributed by atoms with Crippen molar-refractivity contribution in [3.8, 4) is 0 Å². The van der Waals surface area contributed by atoms with Gasteiger partial charge in [0.05, 0.1) is 12.7 Å². The highest BCUT2D eigenvalue weighted by Gasteiger charge is 2.03. The molecule has 1 aromatic carbocycles. The molecule has 0 bridgehead atoms. The molecular formula is C9H9FO2. The topological polar surface area (TPSA) is 26.3 Å². The Morgan fingerprint density at radius 2 is 2.00 bits per heavy atom. The van der Waals surface area contributed by atoms with Crippen molar-refractivity contribution in [2.75, 3.05) is 7.11 Å². The van der Waals surface area contributed by atoms with Gasteiger partial charge < -0.3 is 4.74 Å². The number of alkyl halides is 1. The standard InChI is InChI=1S/C9H9FO2/c1-12-9(11)8-4-2-7(6-10)3-5-8/h2-5H,6H2,1H3. The number of carbonyl (C=O) groups excluding carboxylic acids is 1. The summed E-state index contributed by atoms with van der Waals surface area (Å²) in [7, 11) is 1.31. The van der Waals surface area contributed by atoms with Crippen LogP contribution in [0, 0.1) is 0 Å². The Morgan fingerprint density at radius 3 is 2.42 bits per heavy atom. The molecule has 0 unspecified atom stereocenters. The first-order valence-corrected chi connectivity index (χ1v) is 3.51. The highest BCUT2D eigenvalue weighted by molar-refractivity contribution is 5.89. The number of methoxy groups -OCH3 is 1. The van der Waals surface area contributed by atoms with E-state index in [1.807, 2.05) is 0 Å². The first kappa shape index (κ1) is 8.71. The maximum absolute atomic E-state index is 12.0. The second-order valence-corrected chi connectivity index (χ2v) is 2.32. The van der Waals surface area contributed by atoms with Gasteiger partial charge in [-0.15, -0.1) is 0 Å². The molecule has 0 aromatic heterocycles. The van der Waals surface area contributed by atoms with E-state index in [9.17, 15) is 9.18 Å². The summed E-state index contributed by atoms with van der Waals surface area (Å²) in [5.41, 5.74) is 0.998. The van der Waals surface area contributed by atoms with Crippen LogP contribution in [-0.2, 0) is 11.4 Å². The van der Waals surface area contributed by atoms with Gasteiger partial charge in [0.15, 0.2) is 0 Å². The van der Waals surface area contributed by atoms with E-state index in [-0.39, 0.29) is 0 Å². The van der Waals surface area contributed by atoms with Crippen LogP contribution < -0.4 is 0 Å². The predicted molar refractivity (Wildman–Crippen MR) is 42.6 cm³/mol. The summed E-state index contributed by atoms with van der Waals surface area (Å²) in [6.45, 7) is -0.512. The van der Waals surface area contributed by atoms with Gasteiger partial charge in [-0.2, -0.15) is 0 Å². The zero-order chi connectivity index (χ0) is 8.97. The lowest BCUT2D eigenvalue weighted by Gasteiger charge is -1.98. The number of rotatable bonds is 2. The summed E-state index contributed by atoms with van der Waals surface area (Å²) in [6, 6.07) is 6.21. The van der Waals surface area contributed by atoms with E-state index >= 15 is 0 Å². The van der Waals surface area contributed by atoms with Crippen LogP contribution in [0.1, 0.15) is 15.9 Å². The summed E-state index contributed by atoms with van der Waals surface area (Å²) in [4.78, 5) is 10.9. The van der Waals surface area contributed by atoms with Crippen LogP contribution in [0.15, 0.2) is 24.3 Å². The number of halogens is 1. The molecule has 0 radical (unpaired) electrons. The highest BCUT2D eigenvalue weighted by Crippen LogP contribution is 2.06. The minimum Gasteiger partial charge on any atom is -0.465 e. The first-order chi connectivity index (χ1) is 5.77. The number of hydrogen-bond donors (Lipinski definition) is 0. The third-order valence-electron chi connectivity index (χ3n) is 1.53. The molecular weight excluding hydrogens is 159 g/mol. The lowest BCUT2D eigenvalue weighted by Crippen LogP contribution is -2.00. The van der Waals surface area contributed by atoms with Crippen LogP contribution in [0.3, 0.4) is 0 Å². The molecule has 0 saturated heterocycles. The minimum atomic E-state index is -0.512. The lowest BCUT2D eigenvalue weighted by atomic mass is 10.1. The minimum absolute atomic E-state index is 0.402. The molecule has 0 aliphatic heterocycles. The van der Waals surface area contributed by atoms with Crippen LogP contribution >= 0.6 is 0 Å². The molecule has 12 heavy (non-hydrogen) atoms. The number of carbonyl (C=O) groups is 1. The van der Waals surface area contributed by atoms with E-state index in [0.717, 1.165) is 0 Å². The van der Waals surface area contributed by atoms with Crippen molar-refractivity contribution in [1.29, 1.82) is 0 Å². The molecule has 0 atom stereocenters. The third-order valence-corrected chi connectivity index (χ3v) is 1.53. The molecule has 2 nitrogen and oxygen atoms in total. The van der Waals surface area contributed by atoms with Crippen molar-refractivity contribution in [3.63, 3.8) is 0 Å².